The van der Waals surface area contributed by atoms with E-state index < -0.39 is 0 Å². The molecule has 0 aliphatic rings. The molecule has 2 heterocycles. The van der Waals surface area contributed by atoms with Crippen LogP contribution in [-0.4, -0.2) is 20.0 Å². The van der Waals surface area contributed by atoms with Crippen LogP contribution in [0.4, 0.5) is 5.82 Å². The van der Waals surface area contributed by atoms with Gasteiger partial charge in [0.1, 0.15) is 0 Å². The Morgan fingerprint density at radius 1 is 1.54 bits per heavy atom. The zero-order chi connectivity index (χ0) is 9.26. The lowest BCUT2D eigenvalue weighted by atomic mass is 10.6. The van der Waals surface area contributed by atoms with Gasteiger partial charge in [0.25, 0.3) is 0 Å². The molecule has 0 aliphatic carbocycles. The van der Waals surface area contributed by atoms with Crippen molar-refractivity contribution in [2.24, 2.45) is 0 Å². The van der Waals surface area contributed by atoms with Gasteiger partial charge in [0.2, 0.25) is 0 Å². The third-order valence-corrected chi connectivity index (χ3v) is 2.42. The van der Waals surface area contributed by atoms with Crippen molar-refractivity contribution in [2.45, 2.75) is 13.5 Å². The van der Waals surface area contributed by atoms with E-state index in [0.717, 1.165) is 9.88 Å². The van der Waals surface area contributed by atoms with E-state index in [4.69, 9.17) is 5.73 Å². The number of aryl methyl sites for hydroxylation is 1. The minimum atomic E-state index is 0.446. The Morgan fingerprint density at radius 3 is 2.92 bits per heavy atom. The number of nitrogen functional groups attached to an aromatic ring is 1. The fourth-order valence-corrected chi connectivity index (χ4v) is 1.77. The summed E-state index contributed by atoms with van der Waals surface area (Å²) in [6.07, 6.45) is 3.37. The van der Waals surface area contributed by atoms with Crippen LogP contribution in [0.25, 0.3) is 0 Å². The summed E-state index contributed by atoms with van der Waals surface area (Å²) in [5.41, 5.74) is 5.43. The van der Waals surface area contributed by atoms with Crippen LogP contribution >= 0.6 is 11.3 Å². The molecule has 2 rings (SSSR count). The Hall–Kier alpha value is -1.43. The molecule has 0 bridgehead atoms. The molecule has 0 radical (unpaired) electrons. The molecular weight excluding hydrogens is 186 g/mol. The van der Waals surface area contributed by atoms with Gasteiger partial charge in [-0.05, 0) is 6.92 Å². The number of nitrogens with zero attached hydrogens (tertiary/aromatic N) is 4. The van der Waals surface area contributed by atoms with Crippen molar-refractivity contribution in [1.82, 2.24) is 20.0 Å². The van der Waals surface area contributed by atoms with Crippen LogP contribution in [0.2, 0.25) is 0 Å². The maximum Gasteiger partial charge on any atom is 0.165 e. The largest absolute Gasteiger partial charge is 0.381 e. The van der Waals surface area contributed by atoms with Crippen LogP contribution in [-0.2, 0) is 6.54 Å². The molecule has 0 unspecified atom stereocenters. The Kier molecular flexibility index (Phi) is 1.97. The number of hydrogen-bond acceptors (Lipinski definition) is 5. The summed E-state index contributed by atoms with van der Waals surface area (Å²) >= 11 is 1.64. The summed E-state index contributed by atoms with van der Waals surface area (Å²) in [4.78, 5) is 6.83. The molecule has 0 fully saturated rings. The van der Waals surface area contributed by atoms with Gasteiger partial charge in [0, 0.05) is 11.1 Å². The van der Waals surface area contributed by atoms with E-state index >= 15 is 0 Å². The Labute approximate surface area is 79.2 Å². The fraction of sp³-hybridized carbons (Fsp3) is 0.286. The lowest BCUT2D eigenvalue weighted by Gasteiger charge is -1.93. The monoisotopic (exact) mass is 195 g/mol. The van der Waals surface area contributed by atoms with E-state index in [2.05, 4.69) is 15.2 Å². The van der Waals surface area contributed by atoms with Crippen LogP contribution < -0.4 is 5.73 Å². The minimum Gasteiger partial charge on any atom is -0.381 e. The minimum absolute atomic E-state index is 0.446. The molecule has 0 saturated carbocycles. The number of aromatic nitrogens is 4. The Bertz CT molecular complexity index is 366. The van der Waals surface area contributed by atoms with Crippen LogP contribution in [0.3, 0.4) is 0 Å². The van der Waals surface area contributed by atoms with E-state index in [-0.39, 0.29) is 0 Å². The van der Waals surface area contributed by atoms with Crippen LogP contribution in [0.15, 0.2) is 12.4 Å². The quantitative estimate of drug-likeness (QED) is 0.764. The molecule has 13 heavy (non-hydrogen) atoms. The molecule has 0 aromatic carbocycles. The average molecular weight is 195 g/mol. The van der Waals surface area contributed by atoms with Crippen LogP contribution in [0, 0.1) is 6.92 Å². The number of hydrogen-bond donors (Lipinski definition) is 1. The van der Waals surface area contributed by atoms with Gasteiger partial charge in [0.15, 0.2) is 5.82 Å². The van der Waals surface area contributed by atoms with Crippen LogP contribution in [0.1, 0.15) is 9.88 Å². The molecular formula is C7H9N5S. The number of rotatable bonds is 2. The van der Waals surface area contributed by atoms with Gasteiger partial charge in [0.05, 0.1) is 17.7 Å². The molecule has 0 spiro atoms. The highest BCUT2D eigenvalue weighted by Gasteiger charge is 2.01. The SMILES string of the molecule is Cc1ncc(Cn2ncc(N)n2)s1. The molecule has 68 valence electrons. The molecule has 0 saturated heterocycles. The van der Waals surface area contributed by atoms with Crippen molar-refractivity contribution in [3.63, 3.8) is 0 Å². The zero-order valence-corrected chi connectivity index (χ0v) is 7.95. The highest BCUT2D eigenvalue weighted by atomic mass is 32.1. The third kappa shape index (κ3) is 1.83. The highest BCUT2D eigenvalue weighted by Crippen LogP contribution is 2.12. The summed E-state index contributed by atoms with van der Waals surface area (Å²) in [7, 11) is 0. The van der Waals surface area contributed by atoms with Crippen molar-refractivity contribution < 1.29 is 0 Å². The summed E-state index contributed by atoms with van der Waals surface area (Å²) in [5.74, 6) is 0.446. The van der Waals surface area contributed by atoms with E-state index in [9.17, 15) is 0 Å². The van der Waals surface area contributed by atoms with Crippen molar-refractivity contribution in [1.29, 1.82) is 0 Å². The molecule has 2 aromatic rings. The van der Waals surface area contributed by atoms with E-state index in [1.807, 2.05) is 13.1 Å². The smallest absolute Gasteiger partial charge is 0.165 e. The first-order valence-electron chi connectivity index (χ1n) is 3.81. The lowest BCUT2D eigenvalue weighted by Crippen LogP contribution is -2.02. The summed E-state index contributed by atoms with van der Waals surface area (Å²) in [5, 5.41) is 9.01. The second-order valence-corrected chi connectivity index (χ2v) is 3.96. The molecule has 6 heteroatoms. The predicted molar refractivity (Wildman–Crippen MR) is 50.4 cm³/mol. The van der Waals surface area contributed by atoms with Crippen molar-refractivity contribution in [2.75, 3.05) is 5.73 Å². The highest BCUT2D eigenvalue weighted by molar-refractivity contribution is 7.11. The molecule has 2 N–H and O–H groups in total. The molecule has 0 atom stereocenters. The number of anilines is 1. The fourth-order valence-electron chi connectivity index (χ4n) is 1.00. The Balaban J connectivity index is 2.14. The van der Waals surface area contributed by atoms with E-state index in [1.165, 1.54) is 6.20 Å². The van der Waals surface area contributed by atoms with Gasteiger partial charge >= 0.3 is 0 Å². The number of nitrogens with two attached hydrogens (primary N) is 1. The summed E-state index contributed by atoms with van der Waals surface area (Å²) in [6, 6.07) is 0. The van der Waals surface area contributed by atoms with Crippen LogP contribution in [0.5, 0.6) is 0 Å². The maximum absolute atomic E-state index is 5.43. The Morgan fingerprint density at radius 2 is 2.38 bits per heavy atom. The van der Waals surface area contributed by atoms with Gasteiger partial charge in [-0.3, -0.25) is 0 Å². The molecule has 0 aliphatic heterocycles. The summed E-state index contributed by atoms with van der Waals surface area (Å²) in [6.45, 7) is 2.61. The van der Waals surface area contributed by atoms with Gasteiger partial charge in [-0.15, -0.1) is 16.4 Å². The first kappa shape index (κ1) is 8.18. The lowest BCUT2D eigenvalue weighted by molar-refractivity contribution is 0.598. The molecule has 0 amide bonds. The number of thiazole rings is 1. The van der Waals surface area contributed by atoms with Gasteiger partial charge in [-0.2, -0.15) is 9.90 Å². The topological polar surface area (TPSA) is 69.6 Å². The van der Waals surface area contributed by atoms with Crippen molar-refractivity contribution in [3.05, 3.63) is 22.3 Å². The maximum atomic E-state index is 5.43. The second kappa shape index (κ2) is 3.14. The van der Waals surface area contributed by atoms with Gasteiger partial charge in [-0.1, -0.05) is 0 Å². The van der Waals surface area contributed by atoms with Gasteiger partial charge in [-0.25, -0.2) is 4.98 Å². The normalized spacial score (nSPS) is 10.5. The van der Waals surface area contributed by atoms with E-state index in [0.29, 0.717) is 12.4 Å². The van der Waals surface area contributed by atoms with E-state index in [1.54, 1.807) is 16.1 Å². The van der Waals surface area contributed by atoms with Crippen molar-refractivity contribution in [3.8, 4) is 0 Å². The standard InChI is InChI=1S/C7H9N5S/c1-5-9-2-6(13-5)4-12-10-3-7(8)11-12/h2-3H,4H2,1H3,(H2,8,11). The van der Waals surface area contributed by atoms with Crippen molar-refractivity contribution >= 4 is 17.2 Å². The third-order valence-electron chi connectivity index (χ3n) is 1.52. The zero-order valence-electron chi connectivity index (χ0n) is 7.14. The molecule has 2 aromatic heterocycles. The second-order valence-electron chi connectivity index (χ2n) is 2.65. The average Bonchev–Trinajstić information content (AvgIpc) is 2.62. The predicted octanol–water partition coefficient (Wildman–Crippen LogP) is 0.674. The first-order valence-corrected chi connectivity index (χ1v) is 4.62. The van der Waals surface area contributed by atoms with Gasteiger partial charge < -0.3 is 5.73 Å². The molecule has 5 nitrogen and oxygen atoms in total. The summed E-state index contributed by atoms with van der Waals surface area (Å²) < 4.78 is 0. The first-order chi connectivity index (χ1) is 6.24.